The van der Waals surface area contributed by atoms with E-state index in [2.05, 4.69) is 34.6 Å². The van der Waals surface area contributed by atoms with E-state index in [0.717, 1.165) is 30.5 Å². The highest BCUT2D eigenvalue weighted by Gasteiger charge is 2.21. The third-order valence-corrected chi connectivity index (χ3v) is 3.47. The third-order valence-electron chi connectivity index (χ3n) is 3.47. The molecule has 3 heteroatoms. The first-order chi connectivity index (χ1) is 8.33. The standard InChI is InChI=1S/C14H17N3/c15-11-6-7-12(9-11)17-13-5-1-3-10-4-2-8-16-14(10)13/h1-5,8,11-12,17H,6-7,9,15H2. The molecule has 0 spiro atoms. The van der Waals surface area contributed by atoms with Gasteiger partial charge in [0.2, 0.25) is 0 Å². The molecule has 0 radical (unpaired) electrons. The van der Waals surface area contributed by atoms with E-state index >= 15 is 0 Å². The number of fused-ring (bicyclic) bond motifs is 1. The minimum atomic E-state index is 0.357. The second-order valence-corrected chi connectivity index (χ2v) is 4.80. The molecular weight excluding hydrogens is 210 g/mol. The van der Waals surface area contributed by atoms with Crippen molar-refractivity contribution in [1.29, 1.82) is 0 Å². The van der Waals surface area contributed by atoms with Crippen LogP contribution in [0.2, 0.25) is 0 Å². The van der Waals surface area contributed by atoms with E-state index in [9.17, 15) is 0 Å². The number of benzene rings is 1. The number of pyridine rings is 1. The molecule has 1 heterocycles. The highest BCUT2D eigenvalue weighted by Crippen LogP contribution is 2.26. The number of nitrogens with zero attached hydrogens (tertiary/aromatic N) is 1. The zero-order valence-corrected chi connectivity index (χ0v) is 9.76. The van der Waals surface area contributed by atoms with Crippen LogP contribution in [0.1, 0.15) is 19.3 Å². The number of para-hydroxylation sites is 1. The molecule has 1 fully saturated rings. The van der Waals surface area contributed by atoms with Gasteiger partial charge in [0.15, 0.2) is 0 Å². The largest absolute Gasteiger partial charge is 0.380 e. The minimum absolute atomic E-state index is 0.357. The monoisotopic (exact) mass is 227 g/mol. The molecule has 0 amide bonds. The molecule has 1 aliphatic carbocycles. The molecule has 2 atom stereocenters. The van der Waals surface area contributed by atoms with Crippen LogP contribution in [0.25, 0.3) is 10.9 Å². The second kappa shape index (κ2) is 4.34. The van der Waals surface area contributed by atoms with Crippen LogP contribution < -0.4 is 11.1 Å². The van der Waals surface area contributed by atoms with E-state index in [1.165, 1.54) is 5.39 Å². The van der Waals surface area contributed by atoms with Gasteiger partial charge in [0, 0.05) is 23.7 Å². The van der Waals surface area contributed by atoms with E-state index in [1.807, 2.05) is 12.3 Å². The van der Waals surface area contributed by atoms with Crippen molar-refractivity contribution in [2.24, 2.45) is 5.73 Å². The van der Waals surface area contributed by atoms with Crippen molar-refractivity contribution in [3.05, 3.63) is 36.5 Å². The number of aromatic nitrogens is 1. The molecule has 0 saturated heterocycles. The van der Waals surface area contributed by atoms with Gasteiger partial charge in [-0.15, -0.1) is 0 Å². The summed E-state index contributed by atoms with van der Waals surface area (Å²) in [7, 11) is 0. The Bertz CT molecular complexity index is 518. The summed E-state index contributed by atoms with van der Waals surface area (Å²) in [6.45, 7) is 0. The lowest BCUT2D eigenvalue weighted by Crippen LogP contribution is -2.20. The first-order valence-electron chi connectivity index (χ1n) is 6.19. The predicted molar refractivity (Wildman–Crippen MR) is 71.0 cm³/mol. The zero-order valence-electron chi connectivity index (χ0n) is 9.76. The highest BCUT2D eigenvalue weighted by molar-refractivity contribution is 5.90. The number of rotatable bonds is 2. The number of nitrogens with two attached hydrogens (primary N) is 1. The van der Waals surface area contributed by atoms with Crippen molar-refractivity contribution in [3.63, 3.8) is 0 Å². The molecule has 3 N–H and O–H groups in total. The molecule has 2 aromatic rings. The number of nitrogens with one attached hydrogen (secondary N) is 1. The SMILES string of the molecule is NC1CCC(Nc2cccc3cccnc23)C1. The van der Waals surface area contributed by atoms with Gasteiger partial charge in [0.25, 0.3) is 0 Å². The lowest BCUT2D eigenvalue weighted by atomic mass is 10.1. The Balaban J connectivity index is 1.90. The lowest BCUT2D eigenvalue weighted by molar-refractivity contribution is 0.688. The van der Waals surface area contributed by atoms with Crippen molar-refractivity contribution in [2.75, 3.05) is 5.32 Å². The summed E-state index contributed by atoms with van der Waals surface area (Å²) in [5.41, 5.74) is 8.11. The Morgan fingerprint density at radius 2 is 2.06 bits per heavy atom. The average molecular weight is 227 g/mol. The molecule has 1 aromatic heterocycles. The molecule has 1 saturated carbocycles. The molecule has 17 heavy (non-hydrogen) atoms. The Labute approximate surface area is 101 Å². The Morgan fingerprint density at radius 1 is 1.18 bits per heavy atom. The minimum Gasteiger partial charge on any atom is -0.380 e. The van der Waals surface area contributed by atoms with Gasteiger partial charge in [-0.25, -0.2) is 0 Å². The van der Waals surface area contributed by atoms with Crippen molar-refractivity contribution in [3.8, 4) is 0 Å². The predicted octanol–water partition coefficient (Wildman–Crippen LogP) is 2.53. The fraction of sp³-hybridized carbons (Fsp3) is 0.357. The second-order valence-electron chi connectivity index (χ2n) is 4.80. The highest BCUT2D eigenvalue weighted by atomic mass is 14.9. The summed E-state index contributed by atoms with van der Waals surface area (Å²) < 4.78 is 0. The smallest absolute Gasteiger partial charge is 0.0933 e. The third kappa shape index (κ3) is 2.11. The van der Waals surface area contributed by atoms with E-state index in [0.29, 0.717) is 12.1 Å². The molecule has 88 valence electrons. The van der Waals surface area contributed by atoms with Crippen molar-refractivity contribution in [2.45, 2.75) is 31.3 Å². The van der Waals surface area contributed by atoms with E-state index in [4.69, 9.17) is 5.73 Å². The van der Waals surface area contributed by atoms with E-state index < -0.39 is 0 Å². The van der Waals surface area contributed by atoms with Crippen LogP contribution in [0, 0.1) is 0 Å². The van der Waals surface area contributed by atoms with Crippen molar-refractivity contribution < 1.29 is 0 Å². The van der Waals surface area contributed by atoms with Gasteiger partial charge in [0.05, 0.1) is 11.2 Å². The van der Waals surface area contributed by atoms with Crippen LogP contribution in [0.3, 0.4) is 0 Å². The van der Waals surface area contributed by atoms with Gasteiger partial charge >= 0.3 is 0 Å². The normalized spacial score (nSPS) is 24.1. The maximum Gasteiger partial charge on any atom is 0.0933 e. The van der Waals surface area contributed by atoms with Gasteiger partial charge in [0.1, 0.15) is 0 Å². The van der Waals surface area contributed by atoms with E-state index in [-0.39, 0.29) is 0 Å². The fourth-order valence-electron chi connectivity index (χ4n) is 2.59. The molecular formula is C14H17N3. The summed E-state index contributed by atoms with van der Waals surface area (Å²) in [4.78, 5) is 4.45. The van der Waals surface area contributed by atoms with Gasteiger partial charge < -0.3 is 11.1 Å². The molecule has 1 aromatic carbocycles. The van der Waals surface area contributed by atoms with Crippen molar-refractivity contribution in [1.82, 2.24) is 4.98 Å². The molecule has 1 aliphatic rings. The summed E-state index contributed by atoms with van der Waals surface area (Å²) in [6.07, 6.45) is 5.18. The average Bonchev–Trinajstić information content (AvgIpc) is 2.75. The zero-order chi connectivity index (χ0) is 11.7. The van der Waals surface area contributed by atoms with Gasteiger partial charge in [-0.2, -0.15) is 0 Å². The summed E-state index contributed by atoms with van der Waals surface area (Å²) in [6, 6.07) is 11.2. The summed E-state index contributed by atoms with van der Waals surface area (Å²) in [5, 5.41) is 4.75. The van der Waals surface area contributed by atoms with Crippen LogP contribution in [-0.4, -0.2) is 17.1 Å². The molecule has 3 nitrogen and oxygen atoms in total. The van der Waals surface area contributed by atoms with Gasteiger partial charge in [-0.05, 0) is 31.4 Å². The van der Waals surface area contributed by atoms with Crippen LogP contribution in [-0.2, 0) is 0 Å². The first-order valence-corrected chi connectivity index (χ1v) is 6.19. The maximum absolute atomic E-state index is 5.94. The molecule has 0 bridgehead atoms. The summed E-state index contributed by atoms with van der Waals surface area (Å²) >= 11 is 0. The van der Waals surface area contributed by atoms with Gasteiger partial charge in [-0.3, -0.25) is 4.98 Å². The number of hydrogen-bond donors (Lipinski definition) is 2. The van der Waals surface area contributed by atoms with Crippen LogP contribution in [0.15, 0.2) is 36.5 Å². The number of anilines is 1. The molecule has 0 aliphatic heterocycles. The Hall–Kier alpha value is -1.61. The molecule has 3 rings (SSSR count). The maximum atomic E-state index is 5.94. The Morgan fingerprint density at radius 3 is 2.88 bits per heavy atom. The van der Waals surface area contributed by atoms with Gasteiger partial charge in [-0.1, -0.05) is 18.2 Å². The molecule has 2 unspecified atom stereocenters. The lowest BCUT2D eigenvalue weighted by Gasteiger charge is -2.15. The van der Waals surface area contributed by atoms with Crippen molar-refractivity contribution >= 4 is 16.6 Å². The van der Waals surface area contributed by atoms with Crippen LogP contribution >= 0.6 is 0 Å². The van der Waals surface area contributed by atoms with Crippen LogP contribution in [0.5, 0.6) is 0 Å². The topological polar surface area (TPSA) is 50.9 Å². The van der Waals surface area contributed by atoms with E-state index in [1.54, 1.807) is 0 Å². The summed E-state index contributed by atoms with van der Waals surface area (Å²) in [5.74, 6) is 0. The fourth-order valence-corrected chi connectivity index (χ4v) is 2.59. The first kappa shape index (κ1) is 10.5. The van der Waals surface area contributed by atoms with Crippen LogP contribution in [0.4, 0.5) is 5.69 Å². The number of hydrogen-bond acceptors (Lipinski definition) is 3. The Kier molecular flexibility index (Phi) is 2.69. The quantitative estimate of drug-likeness (QED) is 0.829.